The normalized spacial score (nSPS) is 27.8. The maximum Gasteiger partial charge on any atom is 0.239 e. The maximum atomic E-state index is 11.6. The van der Waals surface area contributed by atoms with E-state index < -0.39 is 0 Å². The van der Waals surface area contributed by atoms with Gasteiger partial charge in [0.2, 0.25) is 5.91 Å². The Kier molecular flexibility index (Phi) is 2.27. The van der Waals surface area contributed by atoms with E-state index in [0.717, 1.165) is 32.6 Å². The van der Waals surface area contributed by atoms with Gasteiger partial charge in [0.15, 0.2) is 0 Å². The molecule has 2 N–H and O–H groups in total. The van der Waals surface area contributed by atoms with Crippen LogP contribution in [0.5, 0.6) is 0 Å². The van der Waals surface area contributed by atoms with Crippen molar-refractivity contribution in [1.29, 1.82) is 0 Å². The molecule has 1 amide bonds. The molecule has 0 aromatic heterocycles. The summed E-state index contributed by atoms with van der Waals surface area (Å²) in [7, 11) is 2.13. The molecule has 1 atom stereocenters. The van der Waals surface area contributed by atoms with Crippen LogP contribution in [0.25, 0.3) is 0 Å². The average Bonchev–Trinajstić information content (AvgIpc) is 2.47. The third-order valence-electron chi connectivity index (χ3n) is 3.35. The fourth-order valence-corrected chi connectivity index (χ4v) is 2.77. The van der Waals surface area contributed by atoms with E-state index in [2.05, 4.69) is 11.9 Å². The van der Waals surface area contributed by atoms with Gasteiger partial charge in [-0.2, -0.15) is 0 Å². The van der Waals surface area contributed by atoms with Crippen LogP contribution < -0.4 is 5.73 Å². The molecule has 0 bridgehead atoms. The minimum atomic E-state index is -0.344. The van der Waals surface area contributed by atoms with Crippen molar-refractivity contribution in [1.82, 2.24) is 9.80 Å². The van der Waals surface area contributed by atoms with Crippen molar-refractivity contribution < 1.29 is 4.79 Å². The SMILES string of the molecule is C[C@@H](N)C(=O)N1CCC2(CN(C)C2)C1. The zero-order chi connectivity index (χ0) is 10.3. The molecule has 2 aliphatic rings. The smallest absolute Gasteiger partial charge is 0.239 e. The fraction of sp³-hybridized carbons (Fsp3) is 0.900. The van der Waals surface area contributed by atoms with Crippen molar-refractivity contribution >= 4 is 5.91 Å². The summed E-state index contributed by atoms with van der Waals surface area (Å²) in [6.45, 7) is 5.84. The van der Waals surface area contributed by atoms with Gasteiger partial charge in [-0.1, -0.05) is 0 Å². The van der Waals surface area contributed by atoms with E-state index in [0.29, 0.717) is 5.41 Å². The summed E-state index contributed by atoms with van der Waals surface area (Å²) in [5.74, 6) is 0.108. The second-order valence-corrected chi connectivity index (χ2v) is 4.97. The summed E-state index contributed by atoms with van der Waals surface area (Å²) in [4.78, 5) is 15.9. The highest BCUT2D eigenvalue weighted by Crippen LogP contribution is 2.38. The second-order valence-electron chi connectivity index (χ2n) is 4.97. The maximum absolute atomic E-state index is 11.6. The summed E-state index contributed by atoms with van der Waals surface area (Å²) < 4.78 is 0. The van der Waals surface area contributed by atoms with E-state index in [1.165, 1.54) is 0 Å². The molecule has 0 radical (unpaired) electrons. The van der Waals surface area contributed by atoms with Gasteiger partial charge in [0.1, 0.15) is 0 Å². The number of rotatable bonds is 1. The Hall–Kier alpha value is -0.610. The van der Waals surface area contributed by atoms with Crippen LogP contribution in [0.4, 0.5) is 0 Å². The highest BCUT2D eigenvalue weighted by atomic mass is 16.2. The quantitative estimate of drug-likeness (QED) is 0.616. The minimum Gasteiger partial charge on any atom is -0.341 e. The van der Waals surface area contributed by atoms with Crippen LogP contribution >= 0.6 is 0 Å². The largest absolute Gasteiger partial charge is 0.341 e. The van der Waals surface area contributed by atoms with E-state index in [-0.39, 0.29) is 11.9 Å². The van der Waals surface area contributed by atoms with E-state index >= 15 is 0 Å². The van der Waals surface area contributed by atoms with Gasteiger partial charge < -0.3 is 15.5 Å². The molecule has 2 heterocycles. The van der Waals surface area contributed by atoms with Crippen LogP contribution in [-0.2, 0) is 4.79 Å². The van der Waals surface area contributed by atoms with E-state index in [4.69, 9.17) is 5.73 Å². The highest BCUT2D eigenvalue weighted by molar-refractivity contribution is 5.81. The molecule has 4 heteroatoms. The van der Waals surface area contributed by atoms with Gasteiger partial charge in [-0.05, 0) is 20.4 Å². The van der Waals surface area contributed by atoms with Gasteiger partial charge >= 0.3 is 0 Å². The minimum absolute atomic E-state index is 0.108. The molecule has 0 aromatic rings. The van der Waals surface area contributed by atoms with Gasteiger partial charge in [-0.15, -0.1) is 0 Å². The predicted octanol–water partition coefficient (Wildman–Crippen LogP) is -0.502. The van der Waals surface area contributed by atoms with Crippen molar-refractivity contribution in [2.24, 2.45) is 11.1 Å². The van der Waals surface area contributed by atoms with Crippen molar-refractivity contribution in [2.75, 3.05) is 33.2 Å². The summed E-state index contributed by atoms with van der Waals surface area (Å²) in [5.41, 5.74) is 5.99. The fourth-order valence-electron chi connectivity index (χ4n) is 2.77. The molecule has 4 nitrogen and oxygen atoms in total. The lowest BCUT2D eigenvalue weighted by Crippen LogP contribution is -2.56. The van der Waals surface area contributed by atoms with Crippen molar-refractivity contribution in [3.05, 3.63) is 0 Å². The Labute approximate surface area is 85.0 Å². The first-order valence-electron chi connectivity index (χ1n) is 5.25. The standard InChI is InChI=1S/C10H19N3O/c1-8(11)9(14)13-4-3-10(7-13)5-12(2)6-10/h8H,3-7,11H2,1-2H3/t8-/m1/s1. The number of hydrogen-bond donors (Lipinski definition) is 1. The first-order chi connectivity index (χ1) is 6.52. The van der Waals surface area contributed by atoms with Crippen molar-refractivity contribution in [2.45, 2.75) is 19.4 Å². The van der Waals surface area contributed by atoms with E-state index in [1.54, 1.807) is 6.92 Å². The average molecular weight is 197 g/mol. The van der Waals surface area contributed by atoms with Gasteiger partial charge in [-0.25, -0.2) is 0 Å². The number of amides is 1. The van der Waals surface area contributed by atoms with Crippen LogP contribution in [-0.4, -0.2) is 55.0 Å². The molecule has 1 spiro atoms. The van der Waals surface area contributed by atoms with Crippen LogP contribution in [0, 0.1) is 5.41 Å². The number of nitrogens with two attached hydrogens (primary N) is 1. The lowest BCUT2D eigenvalue weighted by Gasteiger charge is -2.46. The Morgan fingerprint density at radius 1 is 1.43 bits per heavy atom. The zero-order valence-electron chi connectivity index (χ0n) is 8.99. The van der Waals surface area contributed by atoms with Gasteiger partial charge in [-0.3, -0.25) is 4.79 Å². The summed E-state index contributed by atoms with van der Waals surface area (Å²) >= 11 is 0. The zero-order valence-corrected chi connectivity index (χ0v) is 8.99. The molecular formula is C10H19N3O. The lowest BCUT2D eigenvalue weighted by molar-refractivity contribution is -0.132. The molecule has 0 aromatic carbocycles. The van der Waals surface area contributed by atoms with Crippen LogP contribution in [0.3, 0.4) is 0 Å². The van der Waals surface area contributed by atoms with Crippen LogP contribution in [0.2, 0.25) is 0 Å². The Morgan fingerprint density at radius 3 is 2.57 bits per heavy atom. The number of carbonyl (C=O) groups is 1. The topological polar surface area (TPSA) is 49.6 Å². The third kappa shape index (κ3) is 1.53. The number of hydrogen-bond acceptors (Lipinski definition) is 3. The Bertz CT molecular complexity index is 246. The number of likely N-dealkylation sites (tertiary alicyclic amines) is 2. The van der Waals surface area contributed by atoms with Crippen LogP contribution in [0.15, 0.2) is 0 Å². The molecule has 0 unspecified atom stereocenters. The van der Waals surface area contributed by atoms with Crippen molar-refractivity contribution in [3.63, 3.8) is 0 Å². The second kappa shape index (κ2) is 3.21. The Morgan fingerprint density at radius 2 is 2.07 bits per heavy atom. The van der Waals surface area contributed by atoms with E-state index in [1.807, 2.05) is 4.90 Å². The first-order valence-corrected chi connectivity index (χ1v) is 5.25. The van der Waals surface area contributed by atoms with Crippen molar-refractivity contribution in [3.8, 4) is 0 Å². The van der Waals surface area contributed by atoms with Gasteiger partial charge in [0.25, 0.3) is 0 Å². The molecule has 80 valence electrons. The summed E-state index contributed by atoms with van der Waals surface area (Å²) in [6, 6.07) is -0.344. The number of carbonyl (C=O) groups excluding carboxylic acids is 1. The molecule has 2 aliphatic heterocycles. The predicted molar refractivity (Wildman–Crippen MR) is 54.8 cm³/mol. The first kappa shape index (κ1) is 9.93. The van der Waals surface area contributed by atoms with E-state index in [9.17, 15) is 4.79 Å². The summed E-state index contributed by atoms with van der Waals surface area (Å²) in [6.07, 6.45) is 1.15. The molecule has 2 saturated heterocycles. The number of nitrogens with zero attached hydrogens (tertiary/aromatic N) is 2. The molecule has 0 saturated carbocycles. The van der Waals surface area contributed by atoms with Crippen LogP contribution in [0.1, 0.15) is 13.3 Å². The third-order valence-corrected chi connectivity index (χ3v) is 3.35. The summed E-state index contributed by atoms with van der Waals surface area (Å²) in [5, 5.41) is 0. The monoisotopic (exact) mass is 197 g/mol. The molecule has 2 rings (SSSR count). The molecular weight excluding hydrogens is 178 g/mol. The lowest BCUT2D eigenvalue weighted by atomic mass is 9.79. The molecule has 2 fully saturated rings. The highest BCUT2D eigenvalue weighted by Gasteiger charge is 2.47. The van der Waals surface area contributed by atoms with Gasteiger partial charge in [0.05, 0.1) is 6.04 Å². The molecule has 14 heavy (non-hydrogen) atoms. The van der Waals surface area contributed by atoms with Gasteiger partial charge in [0, 0.05) is 31.6 Å². The molecule has 0 aliphatic carbocycles. The Balaban J connectivity index is 1.92.